The highest BCUT2D eigenvalue weighted by atomic mass is 35.5. The van der Waals surface area contributed by atoms with Crippen LogP contribution in [0.15, 0.2) is 48.5 Å². The highest BCUT2D eigenvalue weighted by molar-refractivity contribution is 7.98. The Bertz CT molecular complexity index is 595. The predicted molar refractivity (Wildman–Crippen MR) is 95.3 cm³/mol. The van der Waals surface area contributed by atoms with E-state index in [0.717, 1.165) is 22.1 Å². The van der Waals surface area contributed by atoms with Gasteiger partial charge < -0.3 is 5.32 Å². The van der Waals surface area contributed by atoms with Crippen molar-refractivity contribution in [1.82, 2.24) is 5.32 Å². The first-order valence-corrected chi connectivity index (χ1v) is 8.81. The Morgan fingerprint density at radius 3 is 2.36 bits per heavy atom. The number of carbonyl (C=O) groups excluding carboxylic acids is 1. The van der Waals surface area contributed by atoms with Gasteiger partial charge >= 0.3 is 0 Å². The van der Waals surface area contributed by atoms with Crippen molar-refractivity contribution in [1.29, 1.82) is 0 Å². The summed E-state index contributed by atoms with van der Waals surface area (Å²) in [6, 6.07) is 16.0. The molecule has 0 radical (unpaired) electrons. The Balaban J connectivity index is 1.61. The van der Waals surface area contributed by atoms with Gasteiger partial charge in [0.1, 0.15) is 0 Å². The van der Waals surface area contributed by atoms with Crippen molar-refractivity contribution in [2.24, 2.45) is 0 Å². The van der Waals surface area contributed by atoms with Crippen molar-refractivity contribution in [2.45, 2.75) is 25.6 Å². The summed E-state index contributed by atoms with van der Waals surface area (Å²) in [5, 5.41) is 3.71. The van der Waals surface area contributed by atoms with Crippen LogP contribution in [0.4, 0.5) is 0 Å². The summed E-state index contributed by atoms with van der Waals surface area (Å²) in [7, 11) is 0. The molecule has 0 saturated heterocycles. The van der Waals surface area contributed by atoms with Crippen molar-refractivity contribution < 1.29 is 4.79 Å². The molecule has 0 atom stereocenters. The summed E-state index contributed by atoms with van der Waals surface area (Å²) in [6.45, 7) is 2.65. The van der Waals surface area contributed by atoms with Crippen LogP contribution in [-0.4, -0.2) is 11.7 Å². The number of amides is 1. The van der Waals surface area contributed by atoms with E-state index < -0.39 is 0 Å². The van der Waals surface area contributed by atoms with E-state index in [0.29, 0.717) is 13.0 Å². The van der Waals surface area contributed by atoms with E-state index in [1.165, 1.54) is 11.1 Å². The summed E-state index contributed by atoms with van der Waals surface area (Å²) in [6.07, 6.45) is 0.546. The van der Waals surface area contributed by atoms with E-state index >= 15 is 0 Å². The van der Waals surface area contributed by atoms with Crippen LogP contribution in [0.5, 0.6) is 0 Å². The van der Waals surface area contributed by atoms with Gasteiger partial charge in [-0.05, 0) is 30.2 Å². The fourth-order valence-electron chi connectivity index (χ4n) is 1.93. The topological polar surface area (TPSA) is 29.1 Å². The summed E-state index contributed by atoms with van der Waals surface area (Å²) < 4.78 is 0. The number of carbonyl (C=O) groups is 1. The first-order valence-electron chi connectivity index (χ1n) is 7.28. The molecule has 1 N–H and O–H groups in total. The van der Waals surface area contributed by atoms with E-state index in [1.54, 1.807) is 11.8 Å². The fourth-order valence-corrected chi connectivity index (χ4v) is 2.96. The third-order valence-electron chi connectivity index (χ3n) is 3.27. The molecule has 0 bridgehead atoms. The van der Waals surface area contributed by atoms with Crippen molar-refractivity contribution in [3.05, 3.63) is 70.2 Å². The van der Waals surface area contributed by atoms with E-state index in [9.17, 15) is 4.79 Å². The molecular weight excluding hydrogens is 314 g/mol. The lowest BCUT2D eigenvalue weighted by molar-refractivity contribution is -0.120. The van der Waals surface area contributed by atoms with Crippen molar-refractivity contribution in [3.63, 3.8) is 0 Å². The largest absolute Gasteiger partial charge is 0.352 e. The zero-order valence-corrected chi connectivity index (χ0v) is 14.2. The molecule has 2 aromatic carbocycles. The average Bonchev–Trinajstić information content (AvgIpc) is 2.53. The van der Waals surface area contributed by atoms with Gasteiger partial charge in [-0.2, -0.15) is 11.8 Å². The molecule has 2 nitrogen and oxygen atoms in total. The molecule has 0 unspecified atom stereocenters. The zero-order chi connectivity index (χ0) is 15.8. The quantitative estimate of drug-likeness (QED) is 0.751. The van der Waals surface area contributed by atoms with E-state index in [2.05, 4.69) is 24.4 Å². The second kappa shape index (κ2) is 8.86. The molecular formula is C18H20ClNOS. The molecule has 4 heteroatoms. The first-order chi connectivity index (χ1) is 10.6. The third-order valence-corrected chi connectivity index (χ3v) is 4.55. The van der Waals surface area contributed by atoms with Gasteiger partial charge in [-0.15, -0.1) is 0 Å². The van der Waals surface area contributed by atoms with Crippen molar-refractivity contribution in [2.75, 3.05) is 5.75 Å². The molecule has 2 rings (SSSR count). The highest BCUT2D eigenvalue weighted by Crippen LogP contribution is 2.16. The van der Waals surface area contributed by atoms with Crippen LogP contribution < -0.4 is 5.32 Å². The number of benzene rings is 2. The van der Waals surface area contributed by atoms with Crippen LogP contribution in [0, 0.1) is 6.92 Å². The molecule has 1 amide bonds. The van der Waals surface area contributed by atoms with Crippen LogP contribution in [0.2, 0.25) is 5.02 Å². The minimum absolute atomic E-state index is 0.101. The molecule has 0 heterocycles. The first kappa shape index (κ1) is 16.9. The van der Waals surface area contributed by atoms with Crippen LogP contribution in [0.3, 0.4) is 0 Å². The molecule has 0 aliphatic carbocycles. The smallest absolute Gasteiger partial charge is 0.221 e. The third kappa shape index (κ3) is 6.12. The number of rotatable bonds is 7. The van der Waals surface area contributed by atoms with E-state index in [-0.39, 0.29) is 5.91 Å². The van der Waals surface area contributed by atoms with Gasteiger partial charge in [-0.1, -0.05) is 53.6 Å². The van der Waals surface area contributed by atoms with Gasteiger partial charge in [-0.3, -0.25) is 4.79 Å². The van der Waals surface area contributed by atoms with Crippen LogP contribution in [-0.2, 0) is 17.1 Å². The Labute approximate surface area is 141 Å². The second-order valence-electron chi connectivity index (χ2n) is 5.19. The van der Waals surface area contributed by atoms with Crippen molar-refractivity contribution >= 4 is 29.3 Å². The number of halogens is 1. The standard InChI is InChI=1S/C18H20ClNOS/c1-14-2-4-15(5-3-14)12-20-18(21)10-11-22-13-16-6-8-17(19)9-7-16/h2-9H,10-13H2,1H3,(H,20,21). The fraction of sp³-hybridized carbons (Fsp3) is 0.278. The normalized spacial score (nSPS) is 10.5. The van der Waals surface area contributed by atoms with Gasteiger partial charge in [0.15, 0.2) is 0 Å². The van der Waals surface area contributed by atoms with Crippen molar-refractivity contribution in [3.8, 4) is 0 Å². The minimum Gasteiger partial charge on any atom is -0.352 e. The Hall–Kier alpha value is -1.45. The minimum atomic E-state index is 0.101. The second-order valence-corrected chi connectivity index (χ2v) is 6.73. The number of thioether (sulfide) groups is 1. The molecule has 0 fully saturated rings. The highest BCUT2D eigenvalue weighted by Gasteiger charge is 2.02. The number of hydrogen-bond acceptors (Lipinski definition) is 2. The summed E-state index contributed by atoms with van der Waals surface area (Å²) in [5.74, 6) is 1.83. The molecule has 116 valence electrons. The van der Waals surface area contributed by atoms with Gasteiger partial charge in [0.2, 0.25) is 5.91 Å². The molecule has 0 aromatic heterocycles. The Morgan fingerprint density at radius 2 is 1.68 bits per heavy atom. The van der Waals surface area contributed by atoms with Crippen LogP contribution >= 0.6 is 23.4 Å². The number of aryl methyl sites for hydroxylation is 1. The molecule has 2 aromatic rings. The molecule has 0 saturated carbocycles. The van der Waals surface area contributed by atoms with E-state index in [4.69, 9.17) is 11.6 Å². The molecule has 0 aliphatic heterocycles. The lowest BCUT2D eigenvalue weighted by atomic mass is 10.1. The van der Waals surface area contributed by atoms with E-state index in [1.807, 2.05) is 36.4 Å². The average molecular weight is 334 g/mol. The van der Waals surface area contributed by atoms with Gasteiger partial charge in [0.25, 0.3) is 0 Å². The molecule has 0 aliphatic rings. The summed E-state index contributed by atoms with van der Waals surface area (Å²) in [4.78, 5) is 11.8. The maximum absolute atomic E-state index is 11.8. The monoisotopic (exact) mass is 333 g/mol. The Kier molecular flexibility index (Phi) is 6.81. The SMILES string of the molecule is Cc1ccc(CNC(=O)CCSCc2ccc(Cl)cc2)cc1. The van der Waals surface area contributed by atoms with Gasteiger partial charge in [-0.25, -0.2) is 0 Å². The van der Waals surface area contributed by atoms with Crippen LogP contribution in [0.1, 0.15) is 23.1 Å². The number of hydrogen-bond donors (Lipinski definition) is 1. The van der Waals surface area contributed by atoms with Crippen LogP contribution in [0.25, 0.3) is 0 Å². The lowest BCUT2D eigenvalue weighted by Gasteiger charge is -2.06. The zero-order valence-electron chi connectivity index (χ0n) is 12.6. The molecule has 0 spiro atoms. The number of nitrogens with one attached hydrogen (secondary N) is 1. The van der Waals surface area contributed by atoms with Gasteiger partial charge in [0, 0.05) is 29.5 Å². The summed E-state index contributed by atoms with van der Waals surface area (Å²) >= 11 is 7.61. The lowest BCUT2D eigenvalue weighted by Crippen LogP contribution is -2.22. The predicted octanol–water partition coefficient (Wildman–Crippen LogP) is 4.59. The Morgan fingerprint density at radius 1 is 1.05 bits per heavy atom. The maximum Gasteiger partial charge on any atom is 0.221 e. The van der Waals surface area contributed by atoms with Gasteiger partial charge in [0.05, 0.1) is 0 Å². The maximum atomic E-state index is 11.8. The summed E-state index contributed by atoms with van der Waals surface area (Å²) in [5.41, 5.74) is 3.59. The molecule has 22 heavy (non-hydrogen) atoms.